The maximum absolute atomic E-state index is 14.1. The summed E-state index contributed by atoms with van der Waals surface area (Å²) >= 11 is 1.55. The van der Waals surface area contributed by atoms with Gasteiger partial charge >= 0.3 is 6.03 Å². The Morgan fingerprint density at radius 2 is 1.47 bits per heavy atom. The summed E-state index contributed by atoms with van der Waals surface area (Å²) in [7, 11) is 0. The van der Waals surface area contributed by atoms with Crippen molar-refractivity contribution in [2.45, 2.75) is 25.4 Å². The Hall–Kier alpha value is -4.79. The van der Waals surface area contributed by atoms with Crippen LogP contribution in [0.5, 0.6) is 0 Å². The zero-order valence-corrected chi connectivity index (χ0v) is 26.1. The van der Waals surface area contributed by atoms with Crippen LogP contribution in [0.1, 0.15) is 34.9 Å². The summed E-state index contributed by atoms with van der Waals surface area (Å²) in [6.45, 7) is 4.59. The van der Waals surface area contributed by atoms with Crippen LogP contribution in [-0.2, 0) is 23.2 Å². The van der Waals surface area contributed by atoms with E-state index in [4.69, 9.17) is 14.7 Å². The summed E-state index contributed by atoms with van der Waals surface area (Å²) in [5, 5.41) is 0.671. The molecule has 8 heteroatoms. The molecule has 1 aliphatic heterocycles. The van der Waals surface area contributed by atoms with E-state index in [0.29, 0.717) is 31.4 Å². The van der Waals surface area contributed by atoms with Crippen molar-refractivity contribution in [3.8, 4) is 0 Å². The molecule has 0 spiro atoms. The number of morpholine rings is 1. The number of benzene rings is 4. The van der Waals surface area contributed by atoms with E-state index in [9.17, 15) is 4.79 Å². The van der Waals surface area contributed by atoms with Crippen LogP contribution in [0.25, 0.3) is 10.2 Å². The van der Waals surface area contributed by atoms with Gasteiger partial charge in [-0.3, -0.25) is 4.90 Å². The smallest absolute Gasteiger partial charge is 0.326 e. The zero-order valence-electron chi connectivity index (χ0n) is 25.3. The number of carbonyl (C=O) groups is 1. The fraction of sp³-hybridized carbons (Fsp3) is 0.216. The number of anilines is 1. The Morgan fingerprint density at radius 3 is 2.04 bits per heavy atom. The molecule has 0 N–H and O–H groups in total. The van der Waals surface area contributed by atoms with Gasteiger partial charge < -0.3 is 14.2 Å². The van der Waals surface area contributed by atoms with Gasteiger partial charge in [0.05, 0.1) is 42.0 Å². The predicted octanol–water partition coefficient (Wildman–Crippen LogP) is 7.35. The molecule has 7 rings (SSSR count). The first-order chi connectivity index (χ1) is 22.2. The summed E-state index contributed by atoms with van der Waals surface area (Å²) in [6.07, 6.45) is 4.92. The number of nitrogens with zero attached hydrogens (tertiary/aromatic N) is 5. The van der Waals surface area contributed by atoms with E-state index in [2.05, 4.69) is 103 Å². The summed E-state index contributed by atoms with van der Waals surface area (Å²) in [5.41, 5.74) is 5.59. The van der Waals surface area contributed by atoms with Gasteiger partial charge in [-0.1, -0.05) is 115 Å². The molecule has 2 aromatic heterocycles. The molecule has 0 aliphatic carbocycles. The highest BCUT2D eigenvalue weighted by molar-refractivity contribution is 7.22. The van der Waals surface area contributed by atoms with Gasteiger partial charge in [0.1, 0.15) is 5.54 Å². The summed E-state index contributed by atoms with van der Waals surface area (Å²) < 4.78 is 8.81. The largest absolute Gasteiger partial charge is 0.378 e. The lowest BCUT2D eigenvalue weighted by Crippen LogP contribution is -2.48. The molecule has 45 heavy (non-hydrogen) atoms. The molecule has 3 heterocycles. The van der Waals surface area contributed by atoms with Gasteiger partial charge in [0.2, 0.25) is 0 Å². The maximum atomic E-state index is 14.1. The second-order valence-electron chi connectivity index (χ2n) is 11.2. The van der Waals surface area contributed by atoms with Crippen LogP contribution < -0.4 is 4.90 Å². The summed E-state index contributed by atoms with van der Waals surface area (Å²) in [6, 6.07) is 37.8. The first kappa shape index (κ1) is 29.0. The molecule has 226 valence electrons. The van der Waals surface area contributed by atoms with E-state index < -0.39 is 5.54 Å². The Balaban J connectivity index is 1.33. The van der Waals surface area contributed by atoms with Gasteiger partial charge in [0, 0.05) is 19.3 Å². The summed E-state index contributed by atoms with van der Waals surface area (Å²) in [4.78, 5) is 27.6. The number of rotatable bonds is 8. The molecular weight excluding hydrogens is 579 g/mol. The van der Waals surface area contributed by atoms with E-state index in [1.807, 2.05) is 35.5 Å². The van der Waals surface area contributed by atoms with Crippen LogP contribution >= 0.6 is 11.3 Å². The number of urea groups is 1. The standard InChI is InChI=1S/C37H35N5O2S/c1-2-28-18-19-33-34(24-28)45-35(39-33)42(36(43)40-20-22-44-23-21-40)26-32-25-41(27-38-32)37(29-12-6-3-7-13-29,30-14-8-4-9-15-30)31-16-10-5-11-17-31/h3-19,24-25,27H,2,20-23,26H2,1H3. The molecule has 0 atom stereocenters. The number of aromatic nitrogens is 3. The average Bonchev–Trinajstić information content (AvgIpc) is 3.76. The number of hydrogen-bond donors (Lipinski definition) is 0. The lowest BCUT2D eigenvalue weighted by Gasteiger charge is -2.37. The van der Waals surface area contributed by atoms with Gasteiger partial charge in [-0.15, -0.1) is 0 Å². The third-order valence-corrected chi connectivity index (χ3v) is 9.55. The van der Waals surface area contributed by atoms with Crippen molar-refractivity contribution >= 4 is 32.7 Å². The summed E-state index contributed by atoms with van der Waals surface area (Å²) in [5.74, 6) is 0. The van der Waals surface area contributed by atoms with Crippen LogP contribution in [0, 0.1) is 0 Å². The number of ether oxygens (including phenoxy) is 1. The van der Waals surface area contributed by atoms with E-state index >= 15 is 0 Å². The number of aryl methyl sites for hydroxylation is 1. The minimum atomic E-state index is -0.680. The number of hydrogen-bond acceptors (Lipinski definition) is 5. The molecule has 7 nitrogen and oxygen atoms in total. The van der Waals surface area contributed by atoms with Gasteiger partial charge in [-0.2, -0.15) is 0 Å². The van der Waals surface area contributed by atoms with E-state index in [1.165, 1.54) is 5.56 Å². The number of thiazole rings is 1. The highest BCUT2D eigenvalue weighted by Crippen LogP contribution is 2.41. The molecule has 6 aromatic rings. The van der Waals surface area contributed by atoms with Crippen molar-refractivity contribution in [3.05, 3.63) is 150 Å². The lowest BCUT2D eigenvalue weighted by atomic mass is 9.77. The zero-order chi connectivity index (χ0) is 30.6. The van der Waals surface area contributed by atoms with Gasteiger partial charge in [-0.25, -0.2) is 14.8 Å². The molecule has 0 unspecified atom stereocenters. The lowest BCUT2D eigenvalue weighted by molar-refractivity contribution is 0.0548. The molecule has 1 fully saturated rings. The fourth-order valence-corrected chi connectivity index (χ4v) is 7.23. The first-order valence-corrected chi connectivity index (χ1v) is 16.2. The normalized spacial score (nSPS) is 13.7. The second kappa shape index (κ2) is 12.7. The predicted molar refractivity (Wildman–Crippen MR) is 180 cm³/mol. The van der Waals surface area contributed by atoms with Crippen molar-refractivity contribution < 1.29 is 9.53 Å². The minimum Gasteiger partial charge on any atom is -0.378 e. The Labute approximate surface area is 267 Å². The SMILES string of the molecule is CCc1ccc2nc(N(Cc3cn(C(c4ccccc4)(c4ccccc4)c4ccccc4)cn3)C(=O)N3CCOCC3)sc2c1. The Morgan fingerprint density at radius 1 is 0.867 bits per heavy atom. The van der Waals surface area contributed by atoms with Crippen LogP contribution in [0.2, 0.25) is 0 Å². The molecule has 4 aromatic carbocycles. The van der Waals surface area contributed by atoms with Crippen LogP contribution in [-0.4, -0.2) is 51.8 Å². The molecule has 0 radical (unpaired) electrons. The molecule has 1 saturated heterocycles. The van der Waals surface area contributed by atoms with Crippen LogP contribution in [0.15, 0.2) is 122 Å². The fourth-order valence-electron chi connectivity index (χ4n) is 6.21. The topological polar surface area (TPSA) is 63.5 Å². The van der Waals surface area contributed by atoms with Crippen LogP contribution in [0.4, 0.5) is 9.93 Å². The van der Waals surface area contributed by atoms with Crippen molar-refractivity contribution in [2.75, 3.05) is 31.2 Å². The van der Waals surface area contributed by atoms with Gasteiger partial charge in [-0.05, 0) is 40.8 Å². The Bertz CT molecular complexity index is 1790. The number of imidazole rings is 1. The van der Waals surface area contributed by atoms with Crippen molar-refractivity contribution in [1.82, 2.24) is 19.4 Å². The molecule has 0 bridgehead atoms. The first-order valence-electron chi connectivity index (χ1n) is 15.4. The highest BCUT2D eigenvalue weighted by atomic mass is 32.1. The van der Waals surface area contributed by atoms with Crippen LogP contribution in [0.3, 0.4) is 0 Å². The molecule has 2 amide bonds. The molecule has 0 saturated carbocycles. The second-order valence-corrected chi connectivity index (χ2v) is 12.2. The Kier molecular flexibility index (Phi) is 8.15. The van der Waals surface area contributed by atoms with Crippen molar-refractivity contribution in [1.29, 1.82) is 0 Å². The van der Waals surface area contributed by atoms with E-state index in [1.54, 1.807) is 16.2 Å². The van der Waals surface area contributed by atoms with E-state index in [-0.39, 0.29) is 12.6 Å². The number of fused-ring (bicyclic) bond motifs is 1. The number of carbonyl (C=O) groups excluding carboxylic acids is 1. The van der Waals surface area contributed by atoms with E-state index in [0.717, 1.165) is 39.0 Å². The monoisotopic (exact) mass is 613 g/mol. The number of amides is 2. The highest BCUT2D eigenvalue weighted by Gasteiger charge is 2.38. The quantitative estimate of drug-likeness (QED) is 0.168. The molecule has 1 aliphatic rings. The van der Waals surface area contributed by atoms with Crippen molar-refractivity contribution in [3.63, 3.8) is 0 Å². The maximum Gasteiger partial charge on any atom is 0.326 e. The third-order valence-electron chi connectivity index (χ3n) is 8.51. The van der Waals surface area contributed by atoms with Gasteiger partial charge in [0.25, 0.3) is 0 Å². The third kappa shape index (κ3) is 5.52. The average molecular weight is 614 g/mol. The van der Waals surface area contributed by atoms with Crippen molar-refractivity contribution in [2.24, 2.45) is 0 Å². The minimum absolute atomic E-state index is 0.0805. The van der Waals surface area contributed by atoms with Gasteiger partial charge in [0.15, 0.2) is 5.13 Å². The molecular formula is C37H35N5O2S.